The fraction of sp³-hybridized carbons (Fsp3) is 0.412. The molecule has 132 valence electrons. The van der Waals surface area contributed by atoms with Gasteiger partial charge in [-0.3, -0.25) is 9.59 Å². The summed E-state index contributed by atoms with van der Waals surface area (Å²) in [5, 5.41) is 5.94. The van der Waals surface area contributed by atoms with Crippen molar-refractivity contribution in [3.63, 3.8) is 0 Å². The van der Waals surface area contributed by atoms with Crippen molar-refractivity contribution in [1.29, 1.82) is 0 Å². The van der Waals surface area contributed by atoms with Crippen LogP contribution < -0.4 is 15.5 Å². The molecule has 1 fully saturated rings. The standard InChI is InChI=1S/C17H22N6O2/c1-22(2)13-6-4-11(10-19-13)17(25)20-12-5-7-14(24)21-15(12)16-18-8-9-23(16)3/h4,6,8-10,12,15H,5,7H2,1-3H3,(H,20,25)(H,21,24)/t12-,15-/m1/s1. The number of hydrogen-bond acceptors (Lipinski definition) is 5. The van der Waals surface area contributed by atoms with Crippen molar-refractivity contribution >= 4 is 17.6 Å². The van der Waals surface area contributed by atoms with Crippen molar-refractivity contribution < 1.29 is 9.59 Å². The molecule has 0 aliphatic carbocycles. The summed E-state index contributed by atoms with van der Waals surface area (Å²) in [6, 6.07) is 2.97. The lowest BCUT2D eigenvalue weighted by atomic mass is 9.96. The van der Waals surface area contributed by atoms with Crippen molar-refractivity contribution in [2.24, 2.45) is 7.05 Å². The molecular weight excluding hydrogens is 320 g/mol. The van der Waals surface area contributed by atoms with Gasteiger partial charge in [-0.05, 0) is 18.6 Å². The SMILES string of the molecule is CN(C)c1ccc(C(=O)N[C@@H]2CCC(=O)N[C@H]2c2nccn2C)cn1. The van der Waals surface area contributed by atoms with Gasteiger partial charge in [0.25, 0.3) is 5.91 Å². The third-order valence-electron chi connectivity index (χ3n) is 4.32. The van der Waals surface area contributed by atoms with E-state index in [0.29, 0.717) is 18.4 Å². The van der Waals surface area contributed by atoms with E-state index in [9.17, 15) is 9.59 Å². The van der Waals surface area contributed by atoms with Gasteiger partial charge in [-0.2, -0.15) is 0 Å². The van der Waals surface area contributed by atoms with Gasteiger partial charge in [0.2, 0.25) is 5.91 Å². The van der Waals surface area contributed by atoms with E-state index in [1.54, 1.807) is 24.5 Å². The summed E-state index contributed by atoms with van der Waals surface area (Å²) in [6.07, 6.45) is 6.00. The van der Waals surface area contributed by atoms with Gasteiger partial charge in [0.1, 0.15) is 17.7 Å². The Bertz CT molecular complexity index is 768. The van der Waals surface area contributed by atoms with Crippen LogP contribution in [0.25, 0.3) is 0 Å². The number of rotatable bonds is 4. The highest BCUT2D eigenvalue weighted by molar-refractivity contribution is 5.94. The number of aromatic nitrogens is 3. The van der Waals surface area contributed by atoms with E-state index in [0.717, 1.165) is 11.6 Å². The Morgan fingerprint density at radius 1 is 1.36 bits per heavy atom. The summed E-state index contributed by atoms with van der Waals surface area (Å²) in [6.45, 7) is 0. The number of hydrogen-bond donors (Lipinski definition) is 2. The Morgan fingerprint density at radius 3 is 2.76 bits per heavy atom. The van der Waals surface area contributed by atoms with Crippen molar-refractivity contribution in [2.45, 2.75) is 24.9 Å². The molecule has 8 nitrogen and oxygen atoms in total. The average molecular weight is 342 g/mol. The zero-order valence-corrected chi connectivity index (χ0v) is 14.6. The van der Waals surface area contributed by atoms with Crippen molar-refractivity contribution in [3.8, 4) is 0 Å². The quantitative estimate of drug-likeness (QED) is 0.850. The molecular formula is C17H22N6O2. The van der Waals surface area contributed by atoms with Crippen LogP contribution in [0.15, 0.2) is 30.7 Å². The molecule has 2 N–H and O–H groups in total. The number of imidazole rings is 1. The minimum atomic E-state index is -0.348. The fourth-order valence-corrected chi connectivity index (χ4v) is 2.91. The van der Waals surface area contributed by atoms with Crippen LogP contribution in [0.1, 0.15) is 35.1 Å². The first-order valence-electron chi connectivity index (χ1n) is 8.16. The zero-order valence-electron chi connectivity index (χ0n) is 14.6. The molecule has 2 aromatic rings. The van der Waals surface area contributed by atoms with Crippen LogP contribution in [0.4, 0.5) is 5.82 Å². The smallest absolute Gasteiger partial charge is 0.253 e. The molecule has 0 radical (unpaired) electrons. The van der Waals surface area contributed by atoms with Crippen LogP contribution in [0.5, 0.6) is 0 Å². The lowest BCUT2D eigenvalue weighted by Gasteiger charge is -2.32. The van der Waals surface area contributed by atoms with Gasteiger partial charge < -0.3 is 20.1 Å². The molecule has 2 amide bonds. The Morgan fingerprint density at radius 2 is 2.16 bits per heavy atom. The number of carbonyl (C=O) groups is 2. The third kappa shape index (κ3) is 3.62. The van der Waals surface area contributed by atoms with E-state index in [1.807, 2.05) is 36.8 Å². The number of amides is 2. The molecule has 25 heavy (non-hydrogen) atoms. The van der Waals surface area contributed by atoms with Gasteiger partial charge in [-0.1, -0.05) is 0 Å². The van der Waals surface area contributed by atoms with E-state index < -0.39 is 0 Å². The Balaban J connectivity index is 1.76. The number of piperidine rings is 1. The molecule has 3 heterocycles. The lowest BCUT2D eigenvalue weighted by Crippen LogP contribution is -2.50. The molecule has 1 aliphatic heterocycles. The highest BCUT2D eigenvalue weighted by Gasteiger charge is 2.33. The second-order valence-corrected chi connectivity index (χ2v) is 6.36. The van der Waals surface area contributed by atoms with Crippen molar-refractivity contribution in [3.05, 3.63) is 42.1 Å². The summed E-state index contributed by atoms with van der Waals surface area (Å²) >= 11 is 0. The van der Waals surface area contributed by atoms with E-state index in [-0.39, 0.29) is 23.9 Å². The van der Waals surface area contributed by atoms with Crippen molar-refractivity contribution in [2.75, 3.05) is 19.0 Å². The minimum Gasteiger partial charge on any atom is -0.363 e. The molecule has 0 spiro atoms. The molecule has 0 saturated carbocycles. The van der Waals surface area contributed by atoms with Crippen LogP contribution in [-0.2, 0) is 11.8 Å². The minimum absolute atomic E-state index is 0.0319. The first kappa shape index (κ1) is 16.9. The predicted molar refractivity (Wildman–Crippen MR) is 93.1 cm³/mol. The maximum atomic E-state index is 12.6. The van der Waals surface area contributed by atoms with Crippen LogP contribution in [0.2, 0.25) is 0 Å². The first-order chi connectivity index (χ1) is 12.0. The summed E-state index contributed by atoms with van der Waals surface area (Å²) in [7, 11) is 5.65. The van der Waals surface area contributed by atoms with E-state index >= 15 is 0 Å². The Labute approximate surface area is 146 Å². The molecule has 2 aromatic heterocycles. The Kier molecular flexibility index (Phi) is 4.69. The zero-order chi connectivity index (χ0) is 18.0. The van der Waals surface area contributed by atoms with E-state index in [1.165, 1.54) is 0 Å². The highest BCUT2D eigenvalue weighted by Crippen LogP contribution is 2.23. The van der Waals surface area contributed by atoms with Crippen molar-refractivity contribution in [1.82, 2.24) is 25.2 Å². The summed E-state index contributed by atoms with van der Waals surface area (Å²) < 4.78 is 1.85. The molecule has 1 aliphatic rings. The van der Waals surface area contributed by atoms with Crippen LogP contribution >= 0.6 is 0 Å². The molecule has 2 atom stereocenters. The second-order valence-electron chi connectivity index (χ2n) is 6.36. The summed E-state index contributed by atoms with van der Waals surface area (Å²) in [5.41, 5.74) is 0.487. The number of nitrogens with zero attached hydrogens (tertiary/aromatic N) is 4. The molecule has 1 saturated heterocycles. The molecule has 0 bridgehead atoms. The van der Waals surface area contributed by atoms with Gasteiger partial charge in [-0.25, -0.2) is 9.97 Å². The van der Waals surface area contributed by atoms with Gasteiger partial charge in [0.05, 0.1) is 11.6 Å². The fourth-order valence-electron chi connectivity index (χ4n) is 2.91. The second kappa shape index (κ2) is 6.92. The average Bonchev–Trinajstić information content (AvgIpc) is 3.02. The lowest BCUT2D eigenvalue weighted by molar-refractivity contribution is -0.124. The molecule has 8 heteroatoms. The van der Waals surface area contributed by atoms with Gasteiger partial charge in [0, 0.05) is 46.2 Å². The first-order valence-corrected chi connectivity index (χ1v) is 8.16. The summed E-state index contributed by atoms with van der Waals surface area (Å²) in [4.78, 5) is 34.8. The summed E-state index contributed by atoms with van der Waals surface area (Å²) in [5.74, 6) is 1.26. The largest absolute Gasteiger partial charge is 0.363 e. The number of anilines is 1. The third-order valence-corrected chi connectivity index (χ3v) is 4.32. The normalized spacial score (nSPS) is 20.0. The molecule has 3 rings (SSSR count). The number of aryl methyl sites for hydroxylation is 1. The predicted octanol–water partition coefficient (Wildman–Crippen LogP) is 0.631. The monoisotopic (exact) mass is 342 g/mol. The number of nitrogens with one attached hydrogen (secondary N) is 2. The highest BCUT2D eigenvalue weighted by atomic mass is 16.2. The number of pyridine rings is 1. The van der Waals surface area contributed by atoms with E-state index in [4.69, 9.17) is 0 Å². The molecule has 0 unspecified atom stereocenters. The topological polar surface area (TPSA) is 92.2 Å². The van der Waals surface area contributed by atoms with Gasteiger partial charge in [-0.15, -0.1) is 0 Å². The number of carbonyl (C=O) groups excluding carboxylic acids is 2. The van der Waals surface area contributed by atoms with Gasteiger partial charge in [0.15, 0.2) is 0 Å². The maximum absolute atomic E-state index is 12.6. The van der Waals surface area contributed by atoms with Crippen LogP contribution in [-0.4, -0.2) is 46.5 Å². The van der Waals surface area contributed by atoms with E-state index in [2.05, 4.69) is 20.6 Å². The Hall–Kier alpha value is -2.90. The van der Waals surface area contributed by atoms with Crippen LogP contribution in [0.3, 0.4) is 0 Å². The van der Waals surface area contributed by atoms with Gasteiger partial charge >= 0.3 is 0 Å². The molecule has 0 aromatic carbocycles. The van der Waals surface area contributed by atoms with Crippen LogP contribution in [0, 0.1) is 0 Å². The maximum Gasteiger partial charge on any atom is 0.253 e.